The van der Waals surface area contributed by atoms with Crippen LogP contribution in [0.2, 0.25) is 0 Å². The number of benzene rings is 26. The van der Waals surface area contributed by atoms with Crippen LogP contribution in [-0.2, 0) is 164 Å². The van der Waals surface area contributed by atoms with Gasteiger partial charge in [0, 0.05) is 164 Å². The summed E-state index contributed by atoms with van der Waals surface area (Å²) >= 11 is 0. The van der Waals surface area contributed by atoms with Gasteiger partial charge in [0.05, 0.1) is 0 Å². The molecular weight excluding hydrogens is 2100 g/mol. The van der Waals surface area contributed by atoms with E-state index in [1.807, 2.05) is 69.2 Å². The van der Waals surface area contributed by atoms with Crippen molar-refractivity contribution in [1.29, 1.82) is 0 Å². The van der Waals surface area contributed by atoms with Gasteiger partial charge < -0.3 is 0 Å². The first-order valence-electron chi connectivity index (χ1n) is 49.3. The zero-order valence-corrected chi connectivity index (χ0v) is 97.6. The molecule has 27 rings (SSSR count). The van der Waals surface area contributed by atoms with Gasteiger partial charge in [-0.3, -0.25) is 0 Å². The fourth-order valence-electron chi connectivity index (χ4n) is 20.2. The Morgan fingerprint density at radius 1 is 0.0979 bits per heavy atom. The number of rotatable bonds is 7. The smallest absolute Gasteiger partial charge is 0 e. The third kappa shape index (κ3) is 22.8. The van der Waals surface area contributed by atoms with E-state index in [9.17, 15) is 0 Å². The second kappa shape index (κ2) is 52.6. The molecule has 1 aliphatic rings. The van der Waals surface area contributed by atoms with Gasteiger partial charge in [0.15, 0.2) is 0 Å². The molecule has 26 aromatic carbocycles. The van der Waals surface area contributed by atoms with Crippen molar-refractivity contribution in [2.45, 2.75) is 69.2 Å². The number of hydrogen-bond donors (Lipinski definition) is 0. The summed E-state index contributed by atoms with van der Waals surface area (Å²) in [6.45, 7) is 20.0. The Kier molecular flexibility index (Phi) is 40.1. The van der Waals surface area contributed by atoms with E-state index in [0.717, 1.165) is 0 Å². The van der Waals surface area contributed by atoms with Crippen molar-refractivity contribution in [3.8, 4) is 100 Å². The van der Waals surface area contributed by atoms with Gasteiger partial charge in [-0.2, -0.15) is 0 Å². The van der Waals surface area contributed by atoms with Gasteiger partial charge >= 0.3 is 0 Å². The Morgan fingerprint density at radius 2 is 0.357 bits per heavy atom. The number of fused-ring (bicyclic) bond motifs is 16. The first-order chi connectivity index (χ1) is 68.5. The summed E-state index contributed by atoms with van der Waals surface area (Å²) in [4.78, 5) is 0. The van der Waals surface area contributed by atoms with Crippen LogP contribution in [0.4, 0.5) is 0 Å². The molecule has 0 spiro atoms. The summed E-state index contributed by atoms with van der Waals surface area (Å²) in [5.74, 6) is 0. The van der Waals surface area contributed by atoms with Crippen LogP contribution in [0.15, 0.2) is 510 Å². The van der Waals surface area contributed by atoms with E-state index in [1.165, 1.54) is 240 Å². The molecule has 0 bridgehead atoms. The molecule has 5 radical (unpaired) electrons. The van der Waals surface area contributed by atoms with E-state index in [2.05, 4.69) is 510 Å². The Hall–Kier alpha value is -11.1. The van der Waals surface area contributed by atoms with Crippen LogP contribution in [0.3, 0.4) is 0 Å². The largest absolute Gasteiger partial charge is 0.0683 e. The summed E-state index contributed by atoms with van der Waals surface area (Å²) in [6.07, 6.45) is 0. The fraction of sp³-hybridized carbons (Fsp3) is 0.0725. The molecular formula is C138H114Y5. The molecule has 0 heterocycles. The minimum absolute atomic E-state index is 0. The average Bonchev–Trinajstić information content (AvgIpc) is 0.875. The van der Waals surface area contributed by atoms with E-state index < -0.39 is 0 Å². The maximum atomic E-state index is 2.40. The van der Waals surface area contributed by atoms with Gasteiger partial charge in [-0.05, 0) is 271 Å². The van der Waals surface area contributed by atoms with Crippen LogP contribution in [0.1, 0.15) is 69.2 Å². The predicted octanol–water partition coefficient (Wildman–Crippen LogP) is 41.3. The maximum Gasteiger partial charge on any atom is 0 e. The van der Waals surface area contributed by atoms with Gasteiger partial charge in [-0.15, -0.1) is 0 Å². The normalized spacial score (nSPS) is 10.4. The molecule has 143 heavy (non-hydrogen) atoms. The Bertz CT molecular complexity index is 8660. The van der Waals surface area contributed by atoms with Crippen molar-refractivity contribution in [3.63, 3.8) is 0 Å². The Labute approximate surface area is 970 Å². The third-order valence-electron chi connectivity index (χ3n) is 26.2. The quantitative estimate of drug-likeness (QED) is 0.110. The van der Waals surface area contributed by atoms with Crippen LogP contribution >= 0.6 is 0 Å². The van der Waals surface area contributed by atoms with Crippen molar-refractivity contribution >= 4 is 140 Å². The summed E-state index contributed by atoms with van der Waals surface area (Å²) in [5, 5.41) is 34.2. The predicted molar refractivity (Wildman–Crippen MR) is 610 cm³/mol. The maximum absolute atomic E-state index is 2.40. The Morgan fingerprint density at radius 3 is 0.832 bits per heavy atom. The fourth-order valence-corrected chi connectivity index (χ4v) is 20.2. The molecule has 0 aromatic heterocycles. The van der Waals surface area contributed by atoms with E-state index in [1.54, 1.807) is 0 Å². The zero-order chi connectivity index (χ0) is 94.8. The third-order valence-corrected chi connectivity index (χ3v) is 26.2. The molecule has 26 aromatic rings. The minimum Gasteiger partial charge on any atom is -0.0683 e. The Balaban J connectivity index is 0.000000149. The van der Waals surface area contributed by atoms with E-state index in [0.29, 0.717) is 0 Å². The molecule has 0 nitrogen and oxygen atoms in total. The molecule has 0 unspecified atom stereocenters. The van der Waals surface area contributed by atoms with Crippen molar-refractivity contribution in [2.24, 2.45) is 0 Å². The molecule has 0 atom stereocenters. The summed E-state index contributed by atoms with van der Waals surface area (Å²) in [5.41, 5.74) is 23.3. The zero-order valence-electron chi connectivity index (χ0n) is 83.4. The first kappa shape index (κ1) is 109. The van der Waals surface area contributed by atoms with Crippen LogP contribution < -0.4 is 0 Å². The molecule has 0 saturated heterocycles. The monoisotopic (exact) mass is 2220 g/mol. The SMILES string of the molecule is CC.CC.CC.CC.CC.[Y].[Y].[Y].[Y].[Y].c1ccc(-c2cc3ccccc3c3ccccc23)cc1.c1ccc(-c2ccc3c(-c4ccc5ccccc5c4)c4ccccc4c(-c4ccc5ccccc5c4)c3c2)cc1.c1ccc(-c2ccc3c4c(cccc24)-c2ccccc2-3)cc1.c1ccc(-c2ccc3c4ccccc4c4ccccc4c3c2)cc1.c1ccc(-c2ccc3ccc4cccc5ccc2c3c45)cc1. The van der Waals surface area contributed by atoms with E-state index in [-0.39, 0.29) is 164 Å². The van der Waals surface area contributed by atoms with E-state index >= 15 is 0 Å². The van der Waals surface area contributed by atoms with Gasteiger partial charge in [0.25, 0.3) is 0 Å². The molecule has 0 saturated carbocycles. The molecule has 5 heteroatoms. The molecule has 0 fully saturated rings. The molecule has 681 valence electrons. The minimum atomic E-state index is 0. The van der Waals surface area contributed by atoms with Gasteiger partial charge in [-0.1, -0.05) is 548 Å². The summed E-state index contributed by atoms with van der Waals surface area (Å²) < 4.78 is 0. The molecule has 0 aliphatic heterocycles. The standard InChI is InChI=1S/C40H26.C24H16.2C22H14.C20H14.5C2H6.5Y/c1-2-10-27(11-3-1)32-22-23-37-38(26-32)40(34-21-19-29-13-5-7-15-31(29)25-34)36-17-9-8-16-35(36)39(37)33-20-18-28-12-4-6-14-30(28)24-33;1-2-8-17(9-3-1)18-14-15-23-21-12-5-4-10-19(21)20-11-6-7-13-22(20)24(23)16-18;1-2-7-15(8-3-1)16-13-14-21-18-10-5-4-9-17(18)20-12-6-11-19(16)22(20)21;1-2-5-15(6-3-1)19-13-11-18-10-9-16-7-4-8-17-12-14-20(19)22(18)21(16)17;1-2-8-15(9-3-1)20-14-16-10-4-5-11-17(16)18-12-6-7-13-19(18)20;5*1-2;;;;;/h1-26H;1-16H;2*1-14H;1-14H;5*1-2H3;;;;;. The van der Waals surface area contributed by atoms with Crippen LogP contribution in [0, 0.1) is 0 Å². The molecule has 1 aliphatic carbocycles. The second-order valence-electron chi connectivity index (χ2n) is 33.5. The molecule has 0 N–H and O–H groups in total. The van der Waals surface area contributed by atoms with Crippen LogP contribution in [0.25, 0.3) is 240 Å². The van der Waals surface area contributed by atoms with Gasteiger partial charge in [0.2, 0.25) is 0 Å². The van der Waals surface area contributed by atoms with Gasteiger partial charge in [0.1, 0.15) is 0 Å². The van der Waals surface area contributed by atoms with Gasteiger partial charge in [-0.25, -0.2) is 0 Å². The topological polar surface area (TPSA) is 0 Å². The van der Waals surface area contributed by atoms with Crippen molar-refractivity contribution in [2.75, 3.05) is 0 Å². The second-order valence-corrected chi connectivity index (χ2v) is 33.5. The first-order valence-corrected chi connectivity index (χ1v) is 49.3. The van der Waals surface area contributed by atoms with Crippen molar-refractivity contribution < 1.29 is 164 Å². The summed E-state index contributed by atoms with van der Waals surface area (Å²) in [7, 11) is 0. The van der Waals surface area contributed by atoms with Crippen molar-refractivity contribution in [1.82, 2.24) is 0 Å². The number of hydrogen-bond acceptors (Lipinski definition) is 0. The average molecular weight is 2220 g/mol. The van der Waals surface area contributed by atoms with E-state index in [4.69, 9.17) is 0 Å². The van der Waals surface area contributed by atoms with Crippen molar-refractivity contribution in [3.05, 3.63) is 510 Å². The van der Waals surface area contributed by atoms with Crippen LogP contribution in [0.5, 0.6) is 0 Å². The molecule has 0 amide bonds. The van der Waals surface area contributed by atoms with Crippen LogP contribution in [-0.4, -0.2) is 0 Å². The summed E-state index contributed by atoms with van der Waals surface area (Å²) in [6, 6.07) is 184.